The van der Waals surface area contributed by atoms with Crippen LogP contribution in [0.1, 0.15) is 35.7 Å². The van der Waals surface area contributed by atoms with Gasteiger partial charge in [-0.05, 0) is 55.9 Å². The molecular formula is C26H25F3N4O2. The van der Waals surface area contributed by atoms with Gasteiger partial charge in [-0.1, -0.05) is 41.6 Å². The van der Waals surface area contributed by atoms with Gasteiger partial charge in [0, 0.05) is 16.7 Å². The molecule has 5 rings (SSSR count). The van der Waals surface area contributed by atoms with E-state index in [9.17, 15) is 18.3 Å². The van der Waals surface area contributed by atoms with Gasteiger partial charge in [0.25, 0.3) is 0 Å². The number of fused-ring (bicyclic) bond motifs is 3. The van der Waals surface area contributed by atoms with E-state index in [0.717, 1.165) is 21.4 Å². The molecule has 0 saturated carbocycles. The number of hydrogen-bond donors (Lipinski definition) is 2. The molecule has 182 valence electrons. The van der Waals surface area contributed by atoms with E-state index >= 15 is 0 Å². The molecule has 3 N–H and O–H groups in total. The maximum Gasteiger partial charge on any atom is 0.434 e. The molecule has 0 bridgehead atoms. The molecule has 4 aromatic rings. The minimum absolute atomic E-state index is 0.0935. The molecule has 0 saturated heterocycles. The van der Waals surface area contributed by atoms with Gasteiger partial charge in [-0.25, -0.2) is 4.68 Å². The molecule has 2 heterocycles. The zero-order valence-corrected chi connectivity index (χ0v) is 19.1. The Morgan fingerprint density at radius 1 is 1.09 bits per heavy atom. The minimum Gasteiger partial charge on any atom is -0.394 e. The quantitative estimate of drug-likeness (QED) is 0.406. The lowest BCUT2D eigenvalue weighted by Crippen LogP contribution is -2.40. The normalized spacial score (nSPS) is 14.9. The van der Waals surface area contributed by atoms with E-state index in [0.29, 0.717) is 42.6 Å². The Balaban J connectivity index is 1.52. The van der Waals surface area contributed by atoms with E-state index < -0.39 is 17.4 Å². The second-order valence-electron chi connectivity index (χ2n) is 9.29. The molecule has 6 nitrogen and oxygen atoms in total. The van der Waals surface area contributed by atoms with Crippen LogP contribution < -0.4 is 5.73 Å². The highest BCUT2D eigenvalue weighted by atomic mass is 19.4. The summed E-state index contributed by atoms with van der Waals surface area (Å²) in [4.78, 5) is 0. The topological polar surface area (TPSA) is 90.1 Å². The molecule has 0 spiro atoms. The van der Waals surface area contributed by atoms with Gasteiger partial charge in [-0.2, -0.15) is 18.3 Å². The summed E-state index contributed by atoms with van der Waals surface area (Å²) in [6, 6.07) is 14.2. The Kier molecular flexibility index (Phi) is 5.77. The van der Waals surface area contributed by atoms with Crippen LogP contribution in [0.5, 0.6) is 0 Å². The van der Waals surface area contributed by atoms with Gasteiger partial charge in [-0.15, -0.1) is 0 Å². The fraction of sp³-hybridized carbons (Fsp3) is 0.308. The lowest BCUT2D eigenvalue weighted by atomic mass is 9.86. The van der Waals surface area contributed by atoms with Crippen molar-refractivity contribution in [1.82, 2.24) is 14.9 Å². The number of hydrogen-bond acceptors (Lipinski definition) is 5. The van der Waals surface area contributed by atoms with E-state index in [1.165, 1.54) is 6.20 Å². The number of nitrogens with zero attached hydrogens (tertiary/aromatic N) is 3. The fourth-order valence-corrected chi connectivity index (χ4v) is 4.53. The summed E-state index contributed by atoms with van der Waals surface area (Å²) in [6.45, 7) is 1.72. The van der Waals surface area contributed by atoms with E-state index in [1.54, 1.807) is 30.3 Å². The van der Waals surface area contributed by atoms with E-state index in [1.807, 2.05) is 19.1 Å². The summed E-state index contributed by atoms with van der Waals surface area (Å²) in [5.41, 5.74) is 8.91. The van der Waals surface area contributed by atoms with Gasteiger partial charge in [-0.3, -0.25) is 0 Å². The maximum absolute atomic E-state index is 14.2. The minimum atomic E-state index is -4.64. The highest BCUT2D eigenvalue weighted by molar-refractivity contribution is 5.77. The van der Waals surface area contributed by atoms with E-state index in [4.69, 9.17) is 10.3 Å². The van der Waals surface area contributed by atoms with Crippen LogP contribution in [0.15, 0.2) is 59.3 Å². The second-order valence-corrected chi connectivity index (χ2v) is 9.29. The average molecular weight is 483 g/mol. The van der Waals surface area contributed by atoms with Crippen molar-refractivity contribution in [2.45, 2.75) is 44.3 Å². The number of para-hydroxylation sites is 1. The first kappa shape index (κ1) is 23.3. The van der Waals surface area contributed by atoms with Crippen LogP contribution in [-0.2, 0) is 25.4 Å². The molecule has 35 heavy (non-hydrogen) atoms. The lowest BCUT2D eigenvalue weighted by Gasteiger charge is -2.22. The molecular weight excluding hydrogens is 457 g/mol. The smallest absolute Gasteiger partial charge is 0.394 e. The average Bonchev–Trinajstić information content (AvgIpc) is 3.47. The zero-order chi connectivity index (χ0) is 24.8. The number of aryl methyl sites for hydroxylation is 2. The van der Waals surface area contributed by atoms with Crippen LogP contribution in [0.4, 0.5) is 13.2 Å². The molecule has 2 aromatic carbocycles. The molecule has 9 heteroatoms. The number of halogens is 3. The van der Waals surface area contributed by atoms with Crippen LogP contribution in [-0.4, -0.2) is 32.2 Å². The maximum atomic E-state index is 14.2. The summed E-state index contributed by atoms with van der Waals surface area (Å²) < 4.78 is 48.9. The van der Waals surface area contributed by atoms with E-state index in [2.05, 4.69) is 16.3 Å². The number of rotatable bonds is 6. The van der Waals surface area contributed by atoms with Crippen LogP contribution in [0.3, 0.4) is 0 Å². The number of alkyl halides is 3. The van der Waals surface area contributed by atoms with Crippen molar-refractivity contribution < 1.29 is 22.8 Å². The molecule has 0 radical (unpaired) electrons. The first-order chi connectivity index (χ1) is 16.7. The number of aromatic nitrogens is 3. The summed E-state index contributed by atoms with van der Waals surface area (Å²) in [5, 5.41) is 17.6. The van der Waals surface area contributed by atoms with Crippen LogP contribution in [0, 0.1) is 0 Å². The van der Waals surface area contributed by atoms with E-state index in [-0.39, 0.29) is 17.9 Å². The van der Waals surface area contributed by atoms with Crippen molar-refractivity contribution >= 4 is 0 Å². The molecule has 1 aliphatic rings. The summed E-state index contributed by atoms with van der Waals surface area (Å²) in [6.07, 6.45) is -0.949. The lowest BCUT2D eigenvalue weighted by molar-refractivity contribution is -0.142. The zero-order valence-electron chi connectivity index (χ0n) is 19.1. The summed E-state index contributed by atoms with van der Waals surface area (Å²) in [7, 11) is 0. The Morgan fingerprint density at radius 2 is 1.86 bits per heavy atom. The highest BCUT2D eigenvalue weighted by Gasteiger charge is 2.41. The Hall–Kier alpha value is -3.43. The number of nitrogens with two attached hydrogens (primary N) is 1. The van der Waals surface area contributed by atoms with Gasteiger partial charge in [0.05, 0.1) is 24.1 Å². The third-order valence-electron chi connectivity index (χ3n) is 6.49. The molecule has 1 atom stereocenters. The second kappa shape index (κ2) is 8.66. The van der Waals surface area contributed by atoms with Gasteiger partial charge in [0.15, 0.2) is 11.5 Å². The summed E-state index contributed by atoms with van der Waals surface area (Å²) in [5.74, 6) is 0.103. The van der Waals surface area contributed by atoms with Crippen molar-refractivity contribution in [3.05, 3.63) is 77.1 Å². The van der Waals surface area contributed by atoms with Crippen molar-refractivity contribution in [3.63, 3.8) is 0 Å². The van der Waals surface area contributed by atoms with Gasteiger partial charge in [0.1, 0.15) is 5.69 Å². The van der Waals surface area contributed by atoms with Crippen LogP contribution >= 0.6 is 0 Å². The standard InChI is InChI=1S/C26H25F3N4O2/c1-25(30,15-34)12-11-16-7-9-19-17(13-16)8-10-20-22(19)32-35-23(20)21-14-31-33(24(21)26(27,28)29)18-5-3-2-4-6-18/h2-7,9,13-14,34H,8,10-12,15,30H2,1H3/t25-/m0/s1. The van der Waals surface area contributed by atoms with Crippen LogP contribution in [0.25, 0.3) is 28.3 Å². The van der Waals surface area contributed by atoms with Crippen molar-refractivity contribution in [3.8, 4) is 28.3 Å². The fourth-order valence-electron chi connectivity index (χ4n) is 4.53. The first-order valence-electron chi connectivity index (χ1n) is 11.4. The third-order valence-corrected chi connectivity index (χ3v) is 6.49. The Bertz CT molecular complexity index is 1360. The van der Waals surface area contributed by atoms with Gasteiger partial charge in [0.2, 0.25) is 0 Å². The Labute approximate surface area is 200 Å². The molecule has 0 aliphatic heterocycles. The molecule has 0 fully saturated rings. The molecule has 0 amide bonds. The van der Waals surface area contributed by atoms with Gasteiger partial charge >= 0.3 is 6.18 Å². The SMILES string of the molecule is C[C@@](N)(CO)CCc1ccc2c(c1)CCc1c-2noc1-c1cnn(-c2ccccc2)c1C(F)(F)F. The first-order valence-corrected chi connectivity index (χ1v) is 11.4. The van der Waals surface area contributed by atoms with Crippen molar-refractivity contribution in [2.75, 3.05) is 6.61 Å². The third kappa shape index (κ3) is 4.37. The number of aliphatic hydroxyl groups excluding tert-OH is 1. The predicted molar refractivity (Wildman–Crippen MR) is 125 cm³/mol. The molecule has 1 aliphatic carbocycles. The molecule has 0 unspecified atom stereocenters. The molecule has 2 aromatic heterocycles. The monoisotopic (exact) mass is 482 g/mol. The highest BCUT2D eigenvalue weighted by Crippen LogP contribution is 2.44. The number of aliphatic hydroxyl groups is 1. The van der Waals surface area contributed by atoms with Crippen LogP contribution in [0.2, 0.25) is 0 Å². The summed E-state index contributed by atoms with van der Waals surface area (Å²) >= 11 is 0. The van der Waals surface area contributed by atoms with Crippen molar-refractivity contribution in [2.24, 2.45) is 5.73 Å². The predicted octanol–water partition coefficient (Wildman–Crippen LogP) is 4.95. The largest absolute Gasteiger partial charge is 0.434 e. The van der Waals surface area contributed by atoms with Crippen molar-refractivity contribution in [1.29, 1.82) is 0 Å². The van der Waals surface area contributed by atoms with Gasteiger partial charge < -0.3 is 15.4 Å². The Morgan fingerprint density at radius 3 is 2.57 bits per heavy atom. The number of benzene rings is 2.